The third-order valence-electron chi connectivity index (χ3n) is 5.33. The van der Waals surface area contributed by atoms with Crippen LogP contribution >= 0.6 is 0 Å². The van der Waals surface area contributed by atoms with Crippen molar-refractivity contribution in [3.8, 4) is 5.75 Å². The van der Waals surface area contributed by atoms with Crippen LogP contribution in [0.4, 0.5) is 0 Å². The molecule has 1 aromatic carbocycles. The van der Waals surface area contributed by atoms with Gasteiger partial charge in [-0.1, -0.05) is 19.4 Å². The lowest BCUT2D eigenvalue weighted by Gasteiger charge is -2.36. The Hall–Kier alpha value is -2.04. The summed E-state index contributed by atoms with van der Waals surface area (Å²) in [6.07, 6.45) is 5.41. The van der Waals surface area contributed by atoms with Crippen LogP contribution in [0.1, 0.15) is 50.2 Å². The van der Waals surface area contributed by atoms with Crippen molar-refractivity contribution >= 4 is 11.9 Å². The third-order valence-corrected chi connectivity index (χ3v) is 5.33. The molecule has 138 valence electrons. The molecule has 0 spiro atoms. The van der Waals surface area contributed by atoms with E-state index in [1.165, 1.54) is 25.3 Å². The molecule has 0 saturated heterocycles. The molecule has 0 aromatic heterocycles. The summed E-state index contributed by atoms with van der Waals surface area (Å²) >= 11 is 0. The molecule has 0 radical (unpaired) electrons. The first-order valence-electron chi connectivity index (χ1n) is 8.78. The van der Waals surface area contributed by atoms with Crippen LogP contribution in [0.3, 0.4) is 0 Å². The van der Waals surface area contributed by atoms with Gasteiger partial charge < -0.3 is 14.2 Å². The van der Waals surface area contributed by atoms with Crippen molar-refractivity contribution in [3.05, 3.63) is 29.3 Å². The number of hydrogen-bond acceptors (Lipinski definition) is 5. The molecule has 5 nitrogen and oxygen atoms in total. The minimum absolute atomic E-state index is 0.0267. The molecule has 1 aliphatic carbocycles. The molecule has 1 aliphatic rings. The molecular formula is C20H28O5. The highest BCUT2D eigenvalue weighted by Gasteiger charge is 2.34. The van der Waals surface area contributed by atoms with Gasteiger partial charge in [-0.15, -0.1) is 0 Å². The summed E-state index contributed by atoms with van der Waals surface area (Å²) in [6, 6.07) is 6.29. The van der Waals surface area contributed by atoms with Gasteiger partial charge in [0.15, 0.2) is 5.92 Å². The second-order valence-corrected chi connectivity index (χ2v) is 6.93. The average Bonchev–Trinajstić information content (AvgIpc) is 2.64. The second-order valence-electron chi connectivity index (χ2n) is 6.93. The maximum Gasteiger partial charge on any atom is 0.320 e. The number of esters is 2. The van der Waals surface area contributed by atoms with Gasteiger partial charge in [-0.25, -0.2) is 0 Å². The van der Waals surface area contributed by atoms with Crippen LogP contribution in [-0.2, 0) is 30.9 Å². The summed E-state index contributed by atoms with van der Waals surface area (Å²) in [5, 5.41) is 0. The van der Waals surface area contributed by atoms with E-state index in [-0.39, 0.29) is 5.41 Å². The average molecular weight is 348 g/mol. The molecular weight excluding hydrogens is 320 g/mol. The van der Waals surface area contributed by atoms with Crippen molar-refractivity contribution in [2.75, 3.05) is 21.3 Å². The number of ether oxygens (including phenoxy) is 3. The minimum Gasteiger partial charge on any atom is -0.497 e. The van der Waals surface area contributed by atoms with Crippen LogP contribution in [0.15, 0.2) is 18.2 Å². The summed E-state index contributed by atoms with van der Waals surface area (Å²) in [6.45, 7) is 2.26. The summed E-state index contributed by atoms with van der Waals surface area (Å²) in [5.41, 5.74) is 2.72. The van der Waals surface area contributed by atoms with Gasteiger partial charge in [0.25, 0.3) is 0 Å². The molecule has 0 aliphatic heterocycles. The highest BCUT2D eigenvalue weighted by atomic mass is 16.5. The van der Waals surface area contributed by atoms with Crippen molar-refractivity contribution in [1.29, 1.82) is 0 Å². The fraction of sp³-hybridized carbons (Fsp3) is 0.600. The normalized spacial score (nSPS) is 19.2. The maximum atomic E-state index is 11.8. The molecule has 2 rings (SSSR count). The summed E-state index contributed by atoms with van der Waals surface area (Å²) in [5.74, 6) is -1.02. The predicted molar refractivity (Wildman–Crippen MR) is 94.7 cm³/mol. The first kappa shape index (κ1) is 19.3. The number of hydrogen-bond donors (Lipinski definition) is 0. The second kappa shape index (κ2) is 8.37. The smallest absolute Gasteiger partial charge is 0.320 e. The first-order chi connectivity index (χ1) is 11.9. The quantitative estimate of drug-likeness (QED) is 0.558. The fourth-order valence-electron chi connectivity index (χ4n) is 3.84. The van der Waals surface area contributed by atoms with Gasteiger partial charge >= 0.3 is 11.9 Å². The molecule has 0 heterocycles. The Labute approximate surface area is 149 Å². The number of rotatable bonds is 7. The first-order valence-corrected chi connectivity index (χ1v) is 8.78. The lowest BCUT2D eigenvalue weighted by atomic mass is 9.68. The maximum absolute atomic E-state index is 11.8. The number of methoxy groups -OCH3 is 3. The van der Waals surface area contributed by atoms with Gasteiger partial charge in [-0.3, -0.25) is 9.59 Å². The Morgan fingerprint density at radius 3 is 2.44 bits per heavy atom. The zero-order chi connectivity index (χ0) is 18.4. The van der Waals surface area contributed by atoms with E-state index in [0.29, 0.717) is 6.42 Å². The van der Waals surface area contributed by atoms with Crippen molar-refractivity contribution in [2.24, 2.45) is 5.92 Å². The van der Waals surface area contributed by atoms with Crippen LogP contribution in [0.5, 0.6) is 5.75 Å². The Morgan fingerprint density at radius 2 is 1.84 bits per heavy atom. The number of carbonyl (C=O) groups is 2. The van der Waals surface area contributed by atoms with Gasteiger partial charge in [0.05, 0.1) is 21.3 Å². The van der Waals surface area contributed by atoms with E-state index >= 15 is 0 Å². The topological polar surface area (TPSA) is 61.8 Å². The molecule has 0 N–H and O–H groups in total. The SMILES string of the molecule is COC(=O)C(CCCC1(C)CCCc2ccc(OC)cc21)C(=O)OC. The molecule has 0 fully saturated rings. The van der Waals surface area contributed by atoms with E-state index in [0.717, 1.165) is 37.9 Å². The van der Waals surface area contributed by atoms with Crippen molar-refractivity contribution in [3.63, 3.8) is 0 Å². The molecule has 25 heavy (non-hydrogen) atoms. The number of benzene rings is 1. The molecule has 5 heteroatoms. The van der Waals surface area contributed by atoms with Gasteiger partial charge in [0.2, 0.25) is 0 Å². The van der Waals surface area contributed by atoms with E-state index in [1.54, 1.807) is 7.11 Å². The zero-order valence-corrected chi connectivity index (χ0v) is 15.6. The highest BCUT2D eigenvalue weighted by Crippen LogP contribution is 2.42. The van der Waals surface area contributed by atoms with E-state index in [1.807, 2.05) is 6.07 Å². The Kier molecular flexibility index (Phi) is 6.45. The van der Waals surface area contributed by atoms with Crippen LogP contribution in [0.25, 0.3) is 0 Å². The van der Waals surface area contributed by atoms with E-state index in [4.69, 9.17) is 14.2 Å². The van der Waals surface area contributed by atoms with E-state index in [2.05, 4.69) is 19.1 Å². The number of fused-ring (bicyclic) bond motifs is 1. The molecule has 0 amide bonds. The largest absolute Gasteiger partial charge is 0.497 e. The van der Waals surface area contributed by atoms with E-state index in [9.17, 15) is 9.59 Å². The van der Waals surface area contributed by atoms with E-state index < -0.39 is 17.9 Å². The molecule has 0 saturated carbocycles. The van der Waals surface area contributed by atoms with Crippen LogP contribution in [-0.4, -0.2) is 33.3 Å². The predicted octanol–water partition coefficient (Wildman–Crippen LogP) is 3.42. The number of carbonyl (C=O) groups excluding carboxylic acids is 2. The lowest BCUT2D eigenvalue weighted by Crippen LogP contribution is -2.30. The fourth-order valence-corrected chi connectivity index (χ4v) is 3.84. The monoisotopic (exact) mass is 348 g/mol. The van der Waals surface area contributed by atoms with Crippen molar-refractivity contribution < 1.29 is 23.8 Å². The summed E-state index contributed by atoms with van der Waals surface area (Å²) < 4.78 is 14.9. The minimum atomic E-state index is -0.841. The highest BCUT2D eigenvalue weighted by molar-refractivity contribution is 5.94. The van der Waals surface area contributed by atoms with Crippen LogP contribution < -0.4 is 4.74 Å². The molecule has 1 unspecified atom stereocenters. The Bertz CT molecular complexity index is 609. The van der Waals surface area contributed by atoms with Crippen molar-refractivity contribution in [1.82, 2.24) is 0 Å². The molecule has 1 atom stereocenters. The van der Waals surface area contributed by atoms with Crippen LogP contribution in [0.2, 0.25) is 0 Å². The van der Waals surface area contributed by atoms with Gasteiger partial charge in [-0.2, -0.15) is 0 Å². The van der Waals surface area contributed by atoms with Gasteiger partial charge in [0, 0.05) is 0 Å². The Balaban J connectivity index is 2.10. The third kappa shape index (κ3) is 4.33. The van der Waals surface area contributed by atoms with Gasteiger partial charge in [0.1, 0.15) is 5.75 Å². The lowest BCUT2D eigenvalue weighted by molar-refractivity contribution is -0.159. The summed E-state index contributed by atoms with van der Waals surface area (Å²) in [7, 11) is 4.27. The van der Waals surface area contributed by atoms with Crippen molar-refractivity contribution in [2.45, 2.75) is 50.9 Å². The standard InChI is InChI=1S/C20H28O5/c1-20(12-6-8-16(18(21)24-3)19(22)25-4)11-5-7-14-9-10-15(23-2)13-17(14)20/h9-10,13,16H,5-8,11-12H2,1-4H3. The summed E-state index contributed by atoms with van der Waals surface area (Å²) in [4.78, 5) is 23.6. The molecule has 1 aromatic rings. The zero-order valence-electron chi connectivity index (χ0n) is 15.6. The van der Waals surface area contributed by atoms with Gasteiger partial charge in [-0.05, 0) is 60.8 Å². The Morgan fingerprint density at radius 1 is 1.16 bits per heavy atom. The molecule has 0 bridgehead atoms. The van der Waals surface area contributed by atoms with Crippen LogP contribution in [0, 0.1) is 5.92 Å². The number of aryl methyl sites for hydroxylation is 1.